The van der Waals surface area contributed by atoms with Gasteiger partial charge < -0.3 is 15.4 Å². The van der Waals surface area contributed by atoms with E-state index in [0.29, 0.717) is 44.8 Å². The summed E-state index contributed by atoms with van der Waals surface area (Å²) in [5, 5.41) is 6.03. The number of nitrogens with two attached hydrogens (primary N) is 1. The Bertz CT molecular complexity index is 1910. The number of pyridine rings is 1. The molecule has 9 nitrogen and oxygen atoms in total. The monoisotopic (exact) mass is 615 g/mol. The normalized spacial score (nSPS) is 17.5. The van der Waals surface area contributed by atoms with Crippen molar-refractivity contribution >= 4 is 40.2 Å². The predicted octanol–water partition coefficient (Wildman–Crippen LogP) is 5.40. The van der Waals surface area contributed by atoms with Crippen LogP contribution in [0.4, 0.5) is 5.95 Å². The summed E-state index contributed by atoms with van der Waals surface area (Å²) in [6.45, 7) is 1.86. The van der Waals surface area contributed by atoms with Gasteiger partial charge in [0.25, 0.3) is 5.56 Å². The third-order valence-electron chi connectivity index (χ3n) is 9.14. The van der Waals surface area contributed by atoms with Gasteiger partial charge in [-0.3, -0.25) is 19.0 Å². The van der Waals surface area contributed by atoms with Gasteiger partial charge in [0.1, 0.15) is 11.1 Å². The fourth-order valence-corrected chi connectivity index (χ4v) is 7.10. The lowest BCUT2D eigenvalue weighted by molar-refractivity contribution is 0.186. The molecule has 1 saturated heterocycles. The van der Waals surface area contributed by atoms with Gasteiger partial charge in [0.05, 0.1) is 29.4 Å². The number of aromatic nitrogens is 5. The largest absolute Gasteiger partial charge is 0.497 e. The highest BCUT2D eigenvalue weighted by atomic mass is 35.5. The molecule has 0 amide bonds. The van der Waals surface area contributed by atoms with E-state index in [1.54, 1.807) is 29.5 Å². The molecule has 0 saturated carbocycles. The van der Waals surface area contributed by atoms with E-state index in [1.165, 1.54) is 0 Å². The van der Waals surface area contributed by atoms with Gasteiger partial charge in [-0.15, -0.1) is 0 Å². The molecule has 4 heterocycles. The number of ether oxygens (including phenoxy) is 1. The highest BCUT2D eigenvalue weighted by Gasteiger charge is 2.47. The van der Waals surface area contributed by atoms with Gasteiger partial charge in [-0.1, -0.05) is 53.5 Å². The van der Waals surface area contributed by atoms with Crippen molar-refractivity contribution < 1.29 is 4.74 Å². The number of anilines is 1. The lowest BCUT2D eigenvalue weighted by Gasteiger charge is -2.42. The maximum Gasteiger partial charge on any atom is 0.266 e. The second-order valence-electron chi connectivity index (χ2n) is 11.5. The molecular formula is C32H31Cl2N7O2. The molecule has 1 atom stereocenters. The second kappa shape index (κ2) is 10.7. The second-order valence-corrected chi connectivity index (χ2v) is 12.3. The van der Waals surface area contributed by atoms with Crippen molar-refractivity contribution in [1.29, 1.82) is 0 Å². The van der Waals surface area contributed by atoms with E-state index >= 15 is 0 Å². The van der Waals surface area contributed by atoms with Crippen LogP contribution in [0.2, 0.25) is 10.0 Å². The van der Waals surface area contributed by atoms with Gasteiger partial charge in [0.15, 0.2) is 5.65 Å². The summed E-state index contributed by atoms with van der Waals surface area (Å²) in [6, 6.07) is 17.1. The third-order valence-corrected chi connectivity index (χ3v) is 9.96. The average Bonchev–Trinajstić information content (AvgIpc) is 3.51. The Labute approximate surface area is 258 Å². The van der Waals surface area contributed by atoms with Crippen molar-refractivity contribution in [1.82, 2.24) is 24.3 Å². The summed E-state index contributed by atoms with van der Waals surface area (Å²) in [7, 11) is 3.40. The highest BCUT2D eigenvalue weighted by Crippen LogP contribution is 2.50. The smallest absolute Gasteiger partial charge is 0.266 e. The third kappa shape index (κ3) is 4.58. The maximum atomic E-state index is 14.1. The van der Waals surface area contributed by atoms with Crippen molar-refractivity contribution in [2.24, 2.45) is 18.2 Å². The van der Waals surface area contributed by atoms with Gasteiger partial charge in [-0.25, -0.2) is 0 Å². The van der Waals surface area contributed by atoms with E-state index < -0.39 is 0 Å². The average molecular weight is 617 g/mol. The Morgan fingerprint density at radius 3 is 2.56 bits per heavy atom. The fourth-order valence-electron chi connectivity index (χ4n) is 6.71. The molecular weight excluding hydrogens is 585 g/mol. The van der Waals surface area contributed by atoms with Crippen LogP contribution >= 0.6 is 23.2 Å². The summed E-state index contributed by atoms with van der Waals surface area (Å²) in [5.41, 5.74) is 11.4. The van der Waals surface area contributed by atoms with Crippen LogP contribution in [0.1, 0.15) is 35.7 Å². The van der Waals surface area contributed by atoms with Crippen LogP contribution in [0, 0.1) is 5.41 Å². The lowest BCUT2D eigenvalue weighted by Crippen LogP contribution is -2.46. The number of piperidine rings is 1. The topological polar surface area (TPSA) is 104 Å². The van der Waals surface area contributed by atoms with E-state index in [2.05, 4.69) is 16.0 Å². The predicted molar refractivity (Wildman–Crippen MR) is 169 cm³/mol. The van der Waals surface area contributed by atoms with Crippen LogP contribution in [0.25, 0.3) is 22.3 Å². The minimum Gasteiger partial charge on any atom is -0.497 e. The van der Waals surface area contributed by atoms with Crippen LogP contribution in [0.5, 0.6) is 5.75 Å². The first-order chi connectivity index (χ1) is 20.8. The van der Waals surface area contributed by atoms with Crippen molar-refractivity contribution in [3.05, 3.63) is 98.0 Å². The zero-order valence-corrected chi connectivity index (χ0v) is 25.4. The van der Waals surface area contributed by atoms with Crippen LogP contribution in [-0.4, -0.2) is 44.5 Å². The first kappa shape index (κ1) is 27.9. The molecule has 0 unspecified atom stereocenters. The molecule has 11 heteroatoms. The molecule has 1 aliphatic heterocycles. The first-order valence-electron chi connectivity index (χ1n) is 14.3. The molecule has 0 bridgehead atoms. The molecule has 2 aliphatic rings. The molecule has 2 N–H and O–H groups in total. The van der Waals surface area contributed by atoms with E-state index in [0.717, 1.165) is 54.9 Å². The van der Waals surface area contributed by atoms with Crippen molar-refractivity contribution in [2.75, 3.05) is 25.1 Å². The summed E-state index contributed by atoms with van der Waals surface area (Å²) < 4.78 is 8.72. The molecule has 1 fully saturated rings. The van der Waals surface area contributed by atoms with Gasteiger partial charge in [0, 0.05) is 43.6 Å². The number of fused-ring (bicyclic) bond motifs is 2. The number of methoxy groups -OCH3 is 1. The Balaban J connectivity index is 1.28. The summed E-state index contributed by atoms with van der Waals surface area (Å²) in [6.07, 6.45) is 4.48. The summed E-state index contributed by atoms with van der Waals surface area (Å²) >= 11 is 13.1. The lowest BCUT2D eigenvalue weighted by atomic mass is 9.73. The molecule has 0 radical (unpaired) electrons. The Morgan fingerprint density at radius 1 is 1.07 bits per heavy atom. The van der Waals surface area contributed by atoms with E-state index in [4.69, 9.17) is 43.8 Å². The first-order valence-corrected chi connectivity index (χ1v) is 15.0. The van der Waals surface area contributed by atoms with Crippen LogP contribution < -0.4 is 20.9 Å². The molecule has 1 spiro atoms. The number of nitrogens with zero attached hydrogens (tertiary/aromatic N) is 6. The molecule has 43 heavy (non-hydrogen) atoms. The zero-order chi connectivity index (χ0) is 29.9. The molecule has 2 aromatic carbocycles. The highest BCUT2D eigenvalue weighted by molar-refractivity contribution is 6.43. The number of benzene rings is 2. The standard InChI is InChI=1S/C32H31Cl2N7O2/c1-39-30(42)25-27(22-5-3-7-23(33)26(22)34)41(18-19-8-10-20(43-2)11-9-19)38-29(25)37-31(39)40-15-12-32(13-16-40)17-24-21(28(32)35)6-4-14-36-24/h3-11,14,28H,12-13,15-18,35H2,1-2H3/t28-/m1/s1. The number of halogens is 2. The van der Waals surface area contributed by atoms with E-state index in [-0.39, 0.29) is 17.0 Å². The summed E-state index contributed by atoms with van der Waals surface area (Å²) in [4.78, 5) is 25.8. The zero-order valence-electron chi connectivity index (χ0n) is 23.9. The SMILES string of the molecule is COc1ccc(Cn2nc3nc(N4CCC5(CC4)Cc4ncccc4[C@H]5N)n(C)c(=O)c3c2-c2cccc(Cl)c2Cl)cc1. The quantitative estimate of drug-likeness (QED) is 0.282. The van der Waals surface area contributed by atoms with Gasteiger partial charge >= 0.3 is 0 Å². The van der Waals surface area contributed by atoms with Crippen LogP contribution in [0.15, 0.2) is 65.6 Å². The van der Waals surface area contributed by atoms with Crippen molar-refractivity contribution in [3.8, 4) is 17.0 Å². The molecule has 1 aliphatic carbocycles. The van der Waals surface area contributed by atoms with Gasteiger partial charge in [0.2, 0.25) is 5.95 Å². The van der Waals surface area contributed by atoms with Crippen molar-refractivity contribution in [2.45, 2.75) is 31.8 Å². The Hall–Kier alpha value is -3.92. The number of hydrogen-bond donors (Lipinski definition) is 1. The van der Waals surface area contributed by atoms with Gasteiger partial charge in [-0.2, -0.15) is 10.1 Å². The van der Waals surface area contributed by atoms with Gasteiger partial charge in [-0.05, 0) is 60.1 Å². The number of rotatable bonds is 5. The summed E-state index contributed by atoms with van der Waals surface area (Å²) in [5.74, 6) is 1.35. The number of hydrogen-bond acceptors (Lipinski definition) is 7. The fraction of sp³-hybridized carbons (Fsp3) is 0.312. The minimum atomic E-state index is -0.193. The van der Waals surface area contributed by atoms with Crippen LogP contribution in [-0.2, 0) is 20.0 Å². The maximum absolute atomic E-state index is 14.1. The molecule has 5 aromatic rings. The van der Waals surface area contributed by atoms with Crippen LogP contribution in [0.3, 0.4) is 0 Å². The Kier molecular flexibility index (Phi) is 6.91. The van der Waals surface area contributed by atoms with Crippen molar-refractivity contribution in [3.63, 3.8) is 0 Å². The van der Waals surface area contributed by atoms with E-state index in [9.17, 15) is 4.79 Å². The molecule has 220 valence electrons. The minimum absolute atomic E-state index is 0.0351. The molecule has 3 aromatic heterocycles. The molecule has 7 rings (SSSR count). The van der Waals surface area contributed by atoms with E-state index in [1.807, 2.05) is 48.7 Å². The Morgan fingerprint density at radius 2 is 1.84 bits per heavy atom.